The molecule has 3 heteroatoms. The van der Waals surface area contributed by atoms with E-state index in [1.54, 1.807) is 0 Å². The number of fused-ring (bicyclic) bond motifs is 2. The molecule has 2 aliphatic heterocycles. The Morgan fingerprint density at radius 2 is 1.92 bits per heavy atom. The quantitative estimate of drug-likeness (QED) is 0.572. The standard InChI is InChI=1S/C9H15NO2/c1-10-7-2-3-8(10)5-9(4-7)12-6-11/h6-9H,2-5H2,1H3. The third-order valence-corrected chi connectivity index (χ3v) is 3.30. The Hall–Kier alpha value is -0.570. The molecule has 2 aliphatic rings. The summed E-state index contributed by atoms with van der Waals surface area (Å²) in [5, 5.41) is 0. The maximum atomic E-state index is 10.2. The maximum Gasteiger partial charge on any atom is 0.293 e. The topological polar surface area (TPSA) is 29.5 Å². The van der Waals surface area contributed by atoms with Crippen LogP contribution in [0.4, 0.5) is 0 Å². The zero-order chi connectivity index (χ0) is 8.55. The van der Waals surface area contributed by atoms with E-state index in [1.165, 1.54) is 12.8 Å². The average Bonchev–Trinajstić information content (AvgIpc) is 2.33. The molecule has 0 aromatic rings. The summed E-state index contributed by atoms with van der Waals surface area (Å²) in [6.45, 7) is 0.593. The minimum Gasteiger partial charge on any atom is -0.464 e. The van der Waals surface area contributed by atoms with Crippen LogP contribution in [0.15, 0.2) is 0 Å². The first-order chi connectivity index (χ1) is 5.81. The molecule has 0 aromatic heterocycles. The van der Waals surface area contributed by atoms with Crippen molar-refractivity contribution in [3.8, 4) is 0 Å². The summed E-state index contributed by atoms with van der Waals surface area (Å²) >= 11 is 0. The summed E-state index contributed by atoms with van der Waals surface area (Å²) in [6.07, 6.45) is 4.81. The van der Waals surface area contributed by atoms with Crippen LogP contribution in [0.3, 0.4) is 0 Å². The minimum absolute atomic E-state index is 0.191. The van der Waals surface area contributed by atoms with Crippen molar-refractivity contribution in [2.24, 2.45) is 0 Å². The van der Waals surface area contributed by atoms with Gasteiger partial charge in [-0.3, -0.25) is 4.79 Å². The molecule has 12 heavy (non-hydrogen) atoms. The second-order valence-corrected chi connectivity index (χ2v) is 3.88. The molecule has 2 bridgehead atoms. The summed E-state index contributed by atoms with van der Waals surface area (Å²) in [5.41, 5.74) is 0. The fourth-order valence-electron chi connectivity index (χ4n) is 2.55. The average molecular weight is 169 g/mol. The Bertz CT molecular complexity index is 169. The first-order valence-corrected chi connectivity index (χ1v) is 4.62. The molecule has 0 spiro atoms. The van der Waals surface area contributed by atoms with E-state index >= 15 is 0 Å². The molecule has 0 N–H and O–H groups in total. The van der Waals surface area contributed by atoms with Gasteiger partial charge in [0.25, 0.3) is 6.47 Å². The predicted octanol–water partition coefficient (Wildman–Crippen LogP) is 0.785. The van der Waals surface area contributed by atoms with Gasteiger partial charge in [-0.15, -0.1) is 0 Å². The minimum atomic E-state index is 0.191. The number of hydrogen-bond donors (Lipinski definition) is 0. The summed E-state index contributed by atoms with van der Waals surface area (Å²) in [4.78, 5) is 12.6. The molecule has 2 saturated heterocycles. The van der Waals surface area contributed by atoms with Crippen LogP contribution in [0.25, 0.3) is 0 Å². The van der Waals surface area contributed by atoms with E-state index in [-0.39, 0.29) is 6.10 Å². The molecule has 0 radical (unpaired) electrons. The highest BCUT2D eigenvalue weighted by Gasteiger charge is 2.38. The van der Waals surface area contributed by atoms with Gasteiger partial charge in [-0.05, 0) is 32.7 Å². The van der Waals surface area contributed by atoms with Crippen molar-refractivity contribution < 1.29 is 9.53 Å². The third-order valence-electron chi connectivity index (χ3n) is 3.30. The fraction of sp³-hybridized carbons (Fsp3) is 0.889. The van der Waals surface area contributed by atoms with Crippen molar-refractivity contribution in [1.29, 1.82) is 0 Å². The number of carbonyl (C=O) groups excluding carboxylic acids is 1. The van der Waals surface area contributed by atoms with Crippen LogP contribution in [0.1, 0.15) is 25.7 Å². The van der Waals surface area contributed by atoms with Crippen molar-refractivity contribution in [3.63, 3.8) is 0 Å². The molecule has 2 rings (SSSR count). The van der Waals surface area contributed by atoms with Crippen LogP contribution < -0.4 is 0 Å². The number of piperidine rings is 1. The van der Waals surface area contributed by atoms with Gasteiger partial charge in [-0.25, -0.2) is 0 Å². The molecular weight excluding hydrogens is 154 g/mol. The van der Waals surface area contributed by atoms with Crippen molar-refractivity contribution in [2.75, 3.05) is 7.05 Å². The van der Waals surface area contributed by atoms with Crippen LogP contribution in [-0.2, 0) is 9.53 Å². The summed E-state index contributed by atoms with van der Waals surface area (Å²) in [7, 11) is 2.18. The summed E-state index contributed by atoms with van der Waals surface area (Å²) in [6, 6.07) is 1.32. The highest BCUT2D eigenvalue weighted by atomic mass is 16.5. The van der Waals surface area contributed by atoms with E-state index in [0.717, 1.165) is 12.8 Å². The Balaban J connectivity index is 1.97. The number of hydrogen-bond acceptors (Lipinski definition) is 3. The molecule has 0 aromatic carbocycles. The van der Waals surface area contributed by atoms with Crippen LogP contribution in [0, 0.1) is 0 Å². The molecule has 2 atom stereocenters. The fourth-order valence-corrected chi connectivity index (χ4v) is 2.55. The lowest BCUT2D eigenvalue weighted by molar-refractivity contribution is -0.136. The second kappa shape index (κ2) is 3.05. The molecule has 2 heterocycles. The zero-order valence-corrected chi connectivity index (χ0v) is 7.40. The number of rotatable bonds is 2. The van der Waals surface area contributed by atoms with Crippen molar-refractivity contribution in [1.82, 2.24) is 4.90 Å². The molecule has 2 unspecified atom stereocenters. The Morgan fingerprint density at radius 3 is 2.42 bits per heavy atom. The first kappa shape index (κ1) is 8.05. The van der Waals surface area contributed by atoms with E-state index in [0.29, 0.717) is 18.6 Å². The highest BCUT2D eigenvalue weighted by molar-refractivity contribution is 5.37. The van der Waals surface area contributed by atoms with E-state index in [9.17, 15) is 4.79 Å². The van der Waals surface area contributed by atoms with Crippen LogP contribution >= 0.6 is 0 Å². The van der Waals surface area contributed by atoms with Gasteiger partial charge < -0.3 is 9.64 Å². The smallest absolute Gasteiger partial charge is 0.293 e. The third kappa shape index (κ3) is 1.22. The molecule has 68 valence electrons. The monoisotopic (exact) mass is 169 g/mol. The molecule has 2 fully saturated rings. The molecule has 0 aliphatic carbocycles. The van der Waals surface area contributed by atoms with E-state index in [1.807, 2.05) is 0 Å². The lowest BCUT2D eigenvalue weighted by atomic mass is 10.0. The molecular formula is C9H15NO2. The van der Waals surface area contributed by atoms with Crippen molar-refractivity contribution >= 4 is 6.47 Å². The lowest BCUT2D eigenvalue weighted by Gasteiger charge is -2.35. The SMILES string of the molecule is CN1C2CCC1CC(OC=O)C2. The van der Waals surface area contributed by atoms with Gasteiger partial charge in [-0.1, -0.05) is 0 Å². The Labute approximate surface area is 72.7 Å². The normalized spacial score (nSPS) is 41.2. The van der Waals surface area contributed by atoms with Crippen molar-refractivity contribution in [3.05, 3.63) is 0 Å². The highest BCUT2D eigenvalue weighted by Crippen LogP contribution is 2.34. The summed E-state index contributed by atoms with van der Waals surface area (Å²) < 4.78 is 5.00. The number of nitrogens with zero attached hydrogens (tertiary/aromatic N) is 1. The van der Waals surface area contributed by atoms with E-state index in [4.69, 9.17) is 4.74 Å². The van der Waals surface area contributed by atoms with Gasteiger partial charge in [-0.2, -0.15) is 0 Å². The maximum absolute atomic E-state index is 10.2. The largest absolute Gasteiger partial charge is 0.464 e. The first-order valence-electron chi connectivity index (χ1n) is 4.62. The zero-order valence-electron chi connectivity index (χ0n) is 7.40. The van der Waals surface area contributed by atoms with Crippen LogP contribution in [0.2, 0.25) is 0 Å². The van der Waals surface area contributed by atoms with Gasteiger partial charge >= 0.3 is 0 Å². The van der Waals surface area contributed by atoms with Gasteiger partial charge in [0.05, 0.1) is 0 Å². The summed E-state index contributed by atoms with van der Waals surface area (Å²) in [5.74, 6) is 0. The number of ether oxygens (including phenoxy) is 1. The molecule has 0 amide bonds. The number of carbonyl (C=O) groups is 1. The van der Waals surface area contributed by atoms with Crippen LogP contribution in [0.5, 0.6) is 0 Å². The second-order valence-electron chi connectivity index (χ2n) is 3.88. The van der Waals surface area contributed by atoms with Crippen molar-refractivity contribution in [2.45, 2.75) is 43.9 Å². The van der Waals surface area contributed by atoms with E-state index in [2.05, 4.69) is 11.9 Å². The predicted molar refractivity (Wildman–Crippen MR) is 44.7 cm³/mol. The van der Waals surface area contributed by atoms with Gasteiger partial charge in [0.1, 0.15) is 6.10 Å². The lowest BCUT2D eigenvalue weighted by Crippen LogP contribution is -2.42. The van der Waals surface area contributed by atoms with Gasteiger partial charge in [0.15, 0.2) is 0 Å². The molecule has 0 saturated carbocycles. The Kier molecular flexibility index (Phi) is 2.05. The van der Waals surface area contributed by atoms with Crippen LogP contribution in [-0.4, -0.2) is 36.6 Å². The van der Waals surface area contributed by atoms with E-state index < -0.39 is 0 Å². The Morgan fingerprint density at radius 1 is 1.33 bits per heavy atom. The van der Waals surface area contributed by atoms with Gasteiger partial charge in [0, 0.05) is 12.1 Å². The van der Waals surface area contributed by atoms with Gasteiger partial charge in [0.2, 0.25) is 0 Å². The molecule has 3 nitrogen and oxygen atoms in total.